The summed E-state index contributed by atoms with van der Waals surface area (Å²) in [5.74, 6) is 0.126. The minimum atomic E-state index is -0.289. The van der Waals surface area contributed by atoms with Crippen LogP contribution in [-0.2, 0) is 0 Å². The molecule has 0 fully saturated rings. The van der Waals surface area contributed by atoms with E-state index in [2.05, 4.69) is 21.0 Å². The first kappa shape index (κ1) is 10.1. The van der Waals surface area contributed by atoms with Gasteiger partial charge in [0.1, 0.15) is 6.33 Å². The predicted molar refractivity (Wildman–Crippen MR) is 65.3 cm³/mol. The van der Waals surface area contributed by atoms with Gasteiger partial charge in [0, 0.05) is 5.70 Å². The van der Waals surface area contributed by atoms with Crippen LogP contribution >= 0.6 is 0 Å². The van der Waals surface area contributed by atoms with E-state index in [-0.39, 0.29) is 11.5 Å². The van der Waals surface area contributed by atoms with Crippen LogP contribution in [0.15, 0.2) is 17.2 Å². The van der Waals surface area contributed by atoms with Gasteiger partial charge in [0.05, 0.1) is 0 Å². The smallest absolute Gasteiger partial charge is 0.280 e. The number of allylic oxidation sites excluding steroid dienone is 2. The van der Waals surface area contributed by atoms with E-state index in [4.69, 9.17) is 5.73 Å². The van der Waals surface area contributed by atoms with Crippen molar-refractivity contribution in [2.75, 3.05) is 5.73 Å². The van der Waals surface area contributed by atoms with Crippen LogP contribution in [0.1, 0.15) is 25.7 Å². The van der Waals surface area contributed by atoms with Gasteiger partial charge in [0.2, 0.25) is 5.95 Å². The summed E-state index contributed by atoms with van der Waals surface area (Å²) in [6.07, 6.45) is 8.23. The number of hydrogen-bond donors (Lipinski definition) is 2. The lowest BCUT2D eigenvalue weighted by atomic mass is 10.0. The Morgan fingerprint density at radius 2 is 2.29 bits per heavy atom. The van der Waals surface area contributed by atoms with E-state index in [1.165, 1.54) is 6.42 Å². The molecule has 0 atom stereocenters. The number of H-pyrrole nitrogens is 1. The highest BCUT2D eigenvalue weighted by molar-refractivity contribution is 5.75. The standard InChI is InChI=1S/C11H13N5O/c12-11-14-9-8(10(17)15-11)13-6-16(9)7-4-2-1-3-5-7/h4,6H,1-3,5H2,(H3,12,14,15,17). The van der Waals surface area contributed by atoms with Crippen molar-refractivity contribution in [2.24, 2.45) is 0 Å². The van der Waals surface area contributed by atoms with Crippen LogP contribution < -0.4 is 11.3 Å². The lowest BCUT2D eigenvalue weighted by molar-refractivity contribution is 0.719. The first-order valence-corrected chi connectivity index (χ1v) is 5.68. The molecule has 88 valence electrons. The summed E-state index contributed by atoms with van der Waals surface area (Å²) in [6.45, 7) is 0. The number of aromatic amines is 1. The molecule has 6 nitrogen and oxygen atoms in total. The van der Waals surface area contributed by atoms with Gasteiger partial charge >= 0.3 is 0 Å². The second-order valence-corrected chi connectivity index (χ2v) is 4.18. The highest BCUT2D eigenvalue weighted by atomic mass is 16.1. The summed E-state index contributed by atoms with van der Waals surface area (Å²) in [5.41, 5.74) is 7.29. The van der Waals surface area contributed by atoms with E-state index < -0.39 is 0 Å². The van der Waals surface area contributed by atoms with Crippen LogP contribution in [0.5, 0.6) is 0 Å². The number of aromatic nitrogens is 4. The van der Waals surface area contributed by atoms with Gasteiger partial charge in [0.25, 0.3) is 5.56 Å². The first-order chi connectivity index (χ1) is 8.25. The van der Waals surface area contributed by atoms with Crippen LogP contribution in [0.3, 0.4) is 0 Å². The van der Waals surface area contributed by atoms with Gasteiger partial charge in [-0.3, -0.25) is 14.3 Å². The molecule has 0 spiro atoms. The average Bonchev–Trinajstić information content (AvgIpc) is 2.74. The molecular formula is C11H13N5O. The van der Waals surface area contributed by atoms with Crippen molar-refractivity contribution in [3.05, 3.63) is 22.8 Å². The van der Waals surface area contributed by atoms with Gasteiger partial charge in [-0.25, -0.2) is 4.98 Å². The molecule has 0 bridgehead atoms. The number of fused-ring (bicyclic) bond motifs is 1. The zero-order valence-electron chi connectivity index (χ0n) is 9.31. The third kappa shape index (κ3) is 1.61. The second-order valence-electron chi connectivity index (χ2n) is 4.18. The molecule has 0 saturated heterocycles. The molecule has 1 aliphatic rings. The number of imidazole rings is 1. The van der Waals surface area contributed by atoms with E-state index in [1.54, 1.807) is 6.33 Å². The Bertz CT molecular complexity index is 651. The number of nitrogens with two attached hydrogens (primary N) is 1. The zero-order valence-corrected chi connectivity index (χ0v) is 9.31. The van der Waals surface area contributed by atoms with E-state index in [0.29, 0.717) is 11.2 Å². The second kappa shape index (κ2) is 3.73. The maximum Gasteiger partial charge on any atom is 0.280 e. The van der Waals surface area contributed by atoms with Crippen molar-refractivity contribution in [3.8, 4) is 0 Å². The van der Waals surface area contributed by atoms with Gasteiger partial charge in [-0.1, -0.05) is 6.08 Å². The van der Waals surface area contributed by atoms with Crippen LogP contribution in [0, 0.1) is 0 Å². The Hall–Kier alpha value is -2.11. The van der Waals surface area contributed by atoms with Crippen molar-refractivity contribution < 1.29 is 0 Å². The minimum Gasteiger partial charge on any atom is -0.369 e. The number of nitrogen functional groups attached to an aromatic ring is 1. The number of anilines is 1. The lowest BCUT2D eigenvalue weighted by Crippen LogP contribution is -2.12. The van der Waals surface area contributed by atoms with E-state index in [0.717, 1.165) is 25.0 Å². The van der Waals surface area contributed by atoms with Gasteiger partial charge < -0.3 is 5.73 Å². The fraction of sp³-hybridized carbons (Fsp3) is 0.364. The number of hydrogen-bond acceptors (Lipinski definition) is 4. The van der Waals surface area contributed by atoms with Crippen LogP contribution in [0.4, 0.5) is 5.95 Å². The average molecular weight is 231 g/mol. The molecule has 6 heteroatoms. The molecule has 0 radical (unpaired) electrons. The molecule has 2 heterocycles. The van der Waals surface area contributed by atoms with Crippen molar-refractivity contribution >= 4 is 22.8 Å². The first-order valence-electron chi connectivity index (χ1n) is 5.68. The summed E-state index contributed by atoms with van der Waals surface area (Å²) in [5, 5.41) is 0. The Balaban J connectivity index is 2.24. The van der Waals surface area contributed by atoms with E-state index in [1.807, 2.05) is 4.57 Å². The number of rotatable bonds is 1. The molecule has 0 aliphatic heterocycles. The highest BCUT2D eigenvalue weighted by Gasteiger charge is 2.13. The molecule has 2 aromatic heterocycles. The van der Waals surface area contributed by atoms with Crippen LogP contribution in [0.2, 0.25) is 0 Å². The fourth-order valence-electron chi connectivity index (χ4n) is 2.18. The third-order valence-corrected chi connectivity index (χ3v) is 3.00. The van der Waals surface area contributed by atoms with Gasteiger partial charge in [0.15, 0.2) is 11.2 Å². The number of nitrogens with zero attached hydrogens (tertiary/aromatic N) is 3. The van der Waals surface area contributed by atoms with Crippen molar-refractivity contribution in [1.29, 1.82) is 0 Å². The molecule has 0 amide bonds. The summed E-state index contributed by atoms with van der Waals surface area (Å²) in [4.78, 5) is 22.3. The Morgan fingerprint density at radius 1 is 1.41 bits per heavy atom. The summed E-state index contributed by atoms with van der Waals surface area (Å²) in [6, 6.07) is 0. The van der Waals surface area contributed by atoms with Gasteiger partial charge in [-0.15, -0.1) is 0 Å². The largest absolute Gasteiger partial charge is 0.369 e. The van der Waals surface area contributed by atoms with Crippen molar-refractivity contribution in [1.82, 2.24) is 19.5 Å². The Kier molecular flexibility index (Phi) is 2.21. The monoisotopic (exact) mass is 231 g/mol. The molecule has 0 aromatic carbocycles. The van der Waals surface area contributed by atoms with Crippen molar-refractivity contribution in [3.63, 3.8) is 0 Å². The van der Waals surface area contributed by atoms with Crippen LogP contribution in [-0.4, -0.2) is 19.5 Å². The summed E-state index contributed by atoms with van der Waals surface area (Å²) < 4.78 is 1.86. The third-order valence-electron chi connectivity index (χ3n) is 3.00. The molecule has 2 aromatic rings. The molecule has 1 aliphatic carbocycles. The zero-order chi connectivity index (χ0) is 11.8. The maximum atomic E-state index is 11.6. The Labute approximate surface area is 97.2 Å². The van der Waals surface area contributed by atoms with Crippen molar-refractivity contribution in [2.45, 2.75) is 25.7 Å². The van der Waals surface area contributed by atoms with Gasteiger partial charge in [-0.05, 0) is 25.7 Å². The van der Waals surface area contributed by atoms with E-state index in [9.17, 15) is 4.79 Å². The minimum absolute atomic E-state index is 0.126. The normalized spacial score (nSPS) is 16.1. The quantitative estimate of drug-likeness (QED) is 0.769. The topological polar surface area (TPSA) is 89.6 Å². The fourth-order valence-corrected chi connectivity index (χ4v) is 2.18. The van der Waals surface area contributed by atoms with Crippen LogP contribution in [0.25, 0.3) is 16.9 Å². The summed E-state index contributed by atoms with van der Waals surface area (Å²) in [7, 11) is 0. The molecule has 3 rings (SSSR count). The SMILES string of the molecule is Nc1nc2c(ncn2C2=CCCCC2)c(=O)[nH]1. The molecule has 0 unspecified atom stereocenters. The molecule has 0 saturated carbocycles. The number of nitrogens with one attached hydrogen (secondary N) is 1. The van der Waals surface area contributed by atoms with Gasteiger partial charge in [-0.2, -0.15) is 4.98 Å². The van der Waals surface area contributed by atoms with E-state index >= 15 is 0 Å². The highest BCUT2D eigenvalue weighted by Crippen LogP contribution is 2.23. The lowest BCUT2D eigenvalue weighted by Gasteiger charge is -2.13. The molecule has 17 heavy (non-hydrogen) atoms. The molecular weight excluding hydrogens is 218 g/mol. The molecule has 3 N–H and O–H groups in total. The Morgan fingerprint density at radius 3 is 3.06 bits per heavy atom. The maximum absolute atomic E-state index is 11.6. The summed E-state index contributed by atoms with van der Waals surface area (Å²) >= 11 is 0. The predicted octanol–water partition coefficient (Wildman–Crippen LogP) is 1.12.